The zero-order chi connectivity index (χ0) is 20.4. The molecular weight excluding hydrogens is 368 g/mol. The summed E-state index contributed by atoms with van der Waals surface area (Å²) >= 11 is 0. The minimum absolute atomic E-state index is 0.0228. The molecule has 4 aromatic carbocycles. The third kappa shape index (κ3) is 3.62. The lowest BCUT2D eigenvalue weighted by Gasteiger charge is -2.11. The topological polar surface area (TPSA) is 72.8 Å². The lowest BCUT2D eigenvalue weighted by atomic mass is 10.0. The maximum absolute atomic E-state index is 12.5. The fourth-order valence-corrected chi connectivity index (χ4v) is 3.32. The maximum Gasteiger partial charge on any atom is 0.338 e. The van der Waals surface area contributed by atoms with Crippen LogP contribution in [0, 0.1) is 0 Å². The van der Waals surface area contributed by atoms with Crippen molar-refractivity contribution in [1.29, 1.82) is 0 Å². The molecule has 0 amide bonds. The SMILES string of the molecule is COC(=O)c1ccc2c(COC(=O)c3ccc4ccccc4c3)c(O)ccc2c1. The summed E-state index contributed by atoms with van der Waals surface area (Å²) in [7, 11) is 1.32. The number of hydrogen-bond acceptors (Lipinski definition) is 5. The molecular formula is C24H18O5. The highest BCUT2D eigenvalue weighted by atomic mass is 16.5. The molecule has 0 saturated carbocycles. The highest BCUT2D eigenvalue weighted by Gasteiger charge is 2.14. The third-order valence-corrected chi connectivity index (χ3v) is 4.86. The highest BCUT2D eigenvalue weighted by Crippen LogP contribution is 2.29. The van der Waals surface area contributed by atoms with Gasteiger partial charge in [-0.2, -0.15) is 0 Å². The van der Waals surface area contributed by atoms with Gasteiger partial charge in [-0.25, -0.2) is 9.59 Å². The van der Waals surface area contributed by atoms with Gasteiger partial charge in [-0.15, -0.1) is 0 Å². The molecule has 0 heterocycles. The Morgan fingerprint density at radius 3 is 2.24 bits per heavy atom. The largest absolute Gasteiger partial charge is 0.508 e. The Hall–Kier alpha value is -3.86. The summed E-state index contributed by atoms with van der Waals surface area (Å²) in [5, 5.41) is 13.7. The number of esters is 2. The number of carbonyl (C=O) groups is 2. The number of ether oxygens (including phenoxy) is 2. The van der Waals surface area contributed by atoms with E-state index in [0.29, 0.717) is 22.1 Å². The van der Waals surface area contributed by atoms with Gasteiger partial charge in [-0.05, 0) is 51.9 Å². The number of phenols is 1. The Labute approximate surface area is 167 Å². The molecule has 4 aromatic rings. The number of methoxy groups -OCH3 is 1. The third-order valence-electron chi connectivity index (χ3n) is 4.86. The van der Waals surface area contributed by atoms with Crippen molar-refractivity contribution in [2.24, 2.45) is 0 Å². The monoisotopic (exact) mass is 386 g/mol. The van der Waals surface area contributed by atoms with Gasteiger partial charge in [-0.1, -0.05) is 42.5 Å². The summed E-state index contributed by atoms with van der Waals surface area (Å²) < 4.78 is 10.2. The molecule has 0 fully saturated rings. The number of fused-ring (bicyclic) bond motifs is 2. The van der Waals surface area contributed by atoms with E-state index in [0.717, 1.165) is 16.2 Å². The first-order valence-electron chi connectivity index (χ1n) is 9.05. The molecule has 1 N–H and O–H groups in total. The Balaban J connectivity index is 1.60. The van der Waals surface area contributed by atoms with Crippen LogP contribution in [0.4, 0.5) is 0 Å². The zero-order valence-corrected chi connectivity index (χ0v) is 15.7. The molecule has 0 aliphatic carbocycles. The van der Waals surface area contributed by atoms with Crippen LogP contribution in [0.1, 0.15) is 26.3 Å². The molecule has 0 bridgehead atoms. The number of hydrogen-bond donors (Lipinski definition) is 1. The van der Waals surface area contributed by atoms with E-state index in [2.05, 4.69) is 0 Å². The normalized spacial score (nSPS) is 10.8. The molecule has 0 aromatic heterocycles. The molecule has 0 unspecified atom stereocenters. The highest BCUT2D eigenvalue weighted by molar-refractivity contribution is 5.98. The van der Waals surface area contributed by atoms with Crippen LogP contribution in [0.3, 0.4) is 0 Å². The van der Waals surface area contributed by atoms with Gasteiger partial charge in [0.05, 0.1) is 18.2 Å². The molecule has 0 aliphatic heterocycles. The Bertz CT molecular complexity index is 1240. The minimum Gasteiger partial charge on any atom is -0.508 e. The molecule has 0 saturated heterocycles. The number of carbonyl (C=O) groups excluding carboxylic acids is 2. The van der Waals surface area contributed by atoms with Crippen molar-refractivity contribution in [1.82, 2.24) is 0 Å². The summed E-state index contributed by atoms with van der Waals surface area (Å²) in [6.07, 6.45) is 0. The average molecular weight is 386 g/mol. The van der Waals surface area contributed by atoms with Gasteiger partial charge in [0.15, 0.2) is 0 Å². The van der Waals surface area contributed by atoms with E-state index in [1.807, 2.05) is 30.3 Å². The summed E-state index contributed by atoms with van der Waals surface area (Å²) in [6, 6.07) is 21.3. The minimum atomic E-state index is -0.474. The lowest BCUT2D eigenvalue weighted by molar-refractivity contribution is 0.0472. The van der Waals surface area contributed by atoms with E-state index >= 15 is 0 Å². The van der Waals surface area contributed by atoms with Gasteiger partial charge >= 0.3 is 11.9 Å². The van der Waals surface area contributed by atoms with Crippen LogP contribution in [0.25, 0.3) is 21.5 Å². The second-order valence-corrected chi connectivity index (χ2v) is 6.63. The van der Waals surface area contributed by atoms with E-state index in [-0.39, 0.29) is 12.4 Å². The predicted octanol–water partition coefficient (Wildman–Crippen LogP) is 4.84. The van der Waals surface area contributed by atoms with Gasteiger partial charge in [0, 0.05) is 5.56 Å². The van der Waals surface area contributed by atoms with Crippen LogP contribution >= 0.6 is 0 Å². The molecule has 4 rings (SSSR count). The van der Waals surface area contributed by atoms with Crippen molar-refractivity contribution in [2.45, 2.75) is 6.61 Å². The molecule has 0 spiro atoms. The van der Waals surface area contributed by atoms with E-state index < -0.39 is 11.9 Å². The molecule has 29 heavy (non-hydrogen) atoms. The van der Waals surface area contributed by atoms with Gasteiger partial charge < -0.3 is 14.6 Å². The fraction of sp³-hybridized carbons (Fsp3) is 0.0833. The van der Waals surface area contributed by atoms with Crippen LogP contribution < -0.4 is 0 Å². The number of aromatic hydroxyl groups is 1. The first kappa shape index (κ1) is 18.5. The van der Waals surface area contributed by atoms with Crippen LogP contribution in [-0.2, 0) is 16.1 Å². The lowest BCUT2D eigenvalue weighted by Crippen LogP contribution is -2.06. The van der Waals surface area contributed by atoms with Crippen molar-refractivity contribution < 1.29 is 24.2 Å². The van der Waals surface area contributed by atoms with Crippen LogP contribution in [0.5, 0.6) is 5.75 Å². The molecule has 5 nitrogen and oxygen atoms in total. The Morgan fingerprint density at radius 1 is 0.793 bits per heavy atom. The standard InChI is InChI=1S/C24H18O5/c1-28-23(26)18-8-10-20-17(13-18)9-11-22(25)21(20)14-29-24(27)19-7-6-15-4-2-3-5-16(15)12-19/h2-13,25H,14H2,1H3. The fourth-order valence-electron chi connectivity index (χ4n) is 3.32. The van der Waals surface area contributed by atoms with Crippen LogP contribution in [0.2, 0.25) is 0 Å². The number of rotatable bonds is 4. The van der Waals surface area contributed by atoms with E-state index in [9.17, 15) is 14.7 Å². The molecule has 0 radical (unpaired) electrons. The molecule has 0 aliphatic rings. The van der Waals surface area contributed by atoms with Crippen molar-refractivity contribution in [3.8, 4) is 5.75 Å². The first-order chi connectivity index (χ1) is 14.1. The predicted molar refractivity (Wildman–Crippen MR) is 110 cm³/mol. The smallest absolute Gasteiger partial charge is 0.338 e. The summed E-state index contributed by atoms with van der Waals surface area (Å²) in [5.74, 6) is -0.891. The zero-order valence-electron chi connectivity index (χ0n) is 15.7. The van der Waals surface area contributed by atoms with Gasteiger partial charge in [-0.3, -0.25) is 0 Å². The van der Waals surface area contributed by atoms with Crippen LogP contribution in [-0.4, -0.2) is 24.2 Å². The average Bonchev–Trinajstić information content (AvgIpc) is 2.77. The molecule has 0 atom stereocenters. The van der Waals surface area contributed by atoms with E-state index in [1.165, 1.54) is 13.2 Å². The molecule has 144 valence electrons. The van der Waals surface area contributed by atoms with Crippen molar-refractivity contribution in [3.63, 3.8) is 0 Å². The van der Waals surface area contributed by atoms with Gasteiger partial charge in [0.25, 0.3) is 0 Å². The summed E-state index contributed by atoms with van der Waals surface area (Å²) in [6.45, 7) is -0.0909. The van der Waals surface area contributed by atoms with E-state index in [4.69, 9.17) is 9.47 Å². The summed E-state index contributed by atoms with van der Waals surface area (Å²) in [5.41, 5.74) is 1.33. The van der Waals surface area contributed by atoms with Gasteiger partial charge in [0.2, 0.25) is 0 Å². The van der Waals surface area contributed by atoms with Crippen molar-refractivity contribution >= 4 is 33.5 Å². The second kappa shape index (κ2) is 7.64. The molecule has 5 heteroatoms. The quantitative estimate of drug-likeness (QED) is 0.508. The Kier molecular flexibility index (Phi) is 4.87. The first-order valence-corrected chi connectivity index (χ1v) is 9.05. The summed E-state index contributed by atoms with van der Waals surface area (Å²) in [4.78, 5) is 24.3. The Morgan fingerprint density at radius 2 is 1.45 bits per heavy atom. The number of phenolic OH excluding ortho intramolecular Hbond substituents is 1. The van der Waals surface area contributed by atoms with Crippen molar-refractivity contribution in [2.75, 3.05) is 7.11 Å². The maximum atomic E-state index is 12.5. The second-order valence-electron chi connectivity index (χ2n) is 6.63. The van der Waals surface area contributed by atoms with Crippen LogP contribution in [0.15, 0.2) is 72.8 Å². The van der Waals surface area contributed by atoms with Gasteiger partial charge in [0.1, 0.15) is 12.4 Å². The van der Waals surface area contributed by atoms with Crippen molar-refractivity contribution in [3.05, 3.63) is 89.5 Å². The van der Waals surface area contributed by atoms with E-state index in [1.54, 1.807) is 36.4 Å². The number of benzene rings is 4.